The molecule has 0 aliphatic carbocycles. The van der Waals surface area contributed by atoms with Crippen molar-refractivity contribution < 1.29 is 14.3 Å². The number of halogens is 2. The number of pyridine rings is 1. The molecule has 2 saturated heterocycles. The molecule has 2 aliphatic heterocycles. The van der Waals surface area contributed by atoms with Gasteiger partial charge in [-0.3, -0.25) is 9.59 Å². The summed E-state index contributed by atoms with van der Waals surface area (Å²) in [7, 11) is 1.52. The lowest BCUT2D eigenvalue weighted by Crippen LogP contribution is -2.37. The highest BCUT2D eigenvalue weighted by molar-refractivity contribution is 14.1. The molecular formula is C26H30ClIN6O4. The van der Waals surface area contributed by atoms with Crippen molar-refractivity contribution in [3.8, 4) is 5.75 Å². The summed E-state index contributed by atoms with van der Waals surface area (Å²) in [6.45, 7) is 3.35. The minimum atomic E-state index is -0.313. The summed E-state index contributed by atoms with van der Waals surface area (Å²) in [6.07, 6.45) is 3.97. The number of rotatable bonds is 9. The average Bonchev–Trinajstić information content (AvgIpc) is 2.91. The highest BCUT2D eigenvalue weighted by Gasteiger charge is 2.23. The molecule has 1 amide bonds. The maximum Gasteiger partial charge on any atom is 0.293 e. The maximum atomic E-state index is 13.2. The number of hydrogen-bond acceptors (Lipinski definition) is 8. The molecule has 12 heteroatoms. The highest BCUT2D eigenvalue weighted by Crippen LogP contribution is 2.30. The van der Waals surface area contributed by atoms with Gasteiger partial charge in [0.05, 0.1) is 24.9 Å². The third-order valence-corrected chi connectivity index (χ3v) is 8.38. The summed E-state index contributed by atoms with van der Waals surface area (Å²) in [4.78, 5) is 36.4. The van der Waals surface area contributed by atoms with E-state index in [9.17, 15) is 9.59 Å². The smallest absolute Gasteiger partial charge is 0.293 e. The second-order valence-corrected chi connectivity index (χ2v) is 11.0. The van der Waals surface area contributed by atoms with E-state index in [0.717, 1.165) is 40.5 Å². The molecule has 5 rings (SSSR count). The van der Waals surface area contributed by atoms with Crippen molar-refractivity contribution in [3.05, 3.63) is 45.8 Å². The fourth-order valence-electron chi connectivity index (χ4n) is 4.69. The lowest BCUT2D eigenvalue weighted by atomic mass is 10.0. The zero-order chi connectivity index (χ0) is 26.6. The number of hydrogen-bond donors (Lipinski definition) is 2. The van der Waals surface area contributed by atoms with Crippen molar-refractivity contribution >= 4 is 68.5 Å². The van der Waals surface area contributed by atoms with Gasteiger partial charge in [-0.2, -0.15) is 4.98 Å². The van der Waals surface area contributed by atoms with Gasteiger partial charge in [-0.15, -0.1) is 0 Å². The number of carbonyl (C=O) groups excluding carboxylic acids is 1. The van der Waals surface area contributed by atoms with Crippen LogP contribution in [0.5, 0.6) is 5.75 Å². The molecule has 2 aromatic heterocycles. The monoisotopic (exact) mass is 652 g/mol. The van der Waals surface area contributed by atoms with E-state index in [1.54, 1.807) is 16.8 Å². The van der Waals surface area contributed by atoms with Crippen LogP contribution in [-0.2, 0) is 16.1 Å². The molecule has 0 radical (unpaired) electrons. The summed E-state index contributed by atoms with van der Waals surface area (Å²) in [5.41, 5.74) is 1.25. The first kappa shape index (κ1) is 26.9. The van der Waals surface area contributed by atoms with Gasteiger partial charge >= 0.3 is 0 Å². The quantitative estimate of drug-likeness (QED) is 0.267. The number of anilines is 3. The summed E-state index contributed by atoms with van der Waals surface area (Å²) < 4.78 is 13.7. The molecule has 0 spiro atoms. The van der Waals surface area contributed by atoms with Gasteiger partial charge in [-0.25, -0.2) is 4.98 Å². The van der Waals surface area contributed by atoms with Crippen LogP contribution in [0.2, 0.25) is 5.02 Å². The third kappa shape index (κ3) is 5.99. The Morgan fingerprint density at radius 3 is 2.87 bits per heavy atom. The van der Waals surface area contributed by atoms with Gasteiger partial charge in [0.1, 0.15) is 5.02 Å². The van der Waals surface area contributed by atoms with E-state index in [2.05, 4.69) is 43.1 Å². The van der Waals surface area contributed by atoms with Gasteiger partial charge in [0.15, 0.2) is 18.2 Å². The molecule has 1 atom stereocenters. The minimum absolute atomic E-state index is 0.121. The van der Waals surface area contributed by atoms with E-state index in [-0.39, 0.29) is 29.7 Å². The zero-order valence-electron chi connectivity index (χ0n) is 21.1. The molecule has 2 N–H and O–H groups in total. The summed E-state index contributed by atoms with van der Waals surface area (Å²) in [6, 6.07) is 7.38. The Hall–Kier alpha value is -2.64. The minimum Gasteiger partial charge on any atom is -0.478 e. The first-order valence-electron chi connectivity index (χ1n) is 12.6. The molecule has 0 bridgehead atoms. The number of likely N-dealkylation sites (N-methyl/N-ethyl adjacent to an activating group) is 1. The van der Waals surface area contributed by atoms with E-state index in [1.165, 1.54) is 13.5 Å². The predicted molar refractivity (Wildman–Crippen MR) is 156 cm³/mol. The van der Waals surface area contributed by atoms with Crippen LogP contribution in [0.25, 0.3) is 10.9 Å². The van der Waals surface area contributed by atoms with Crippen molar-refractivity contribution in [3.63, 3.8) is 0 Å². The number of amides is 1. The van der Waals surface area contributed by atoms with Gasteiger partial charge in [0, 0.05) is 48.1 Å². The van der Waals surface area contributed by atoms with E-state index in [0.29, 0.717) is 42.5 Å². The van der Waals surface area contributed by atoms with Crippen LogP contribution in [-0.4, -0.2) is 64.8 Å². The molecule has 2 fully saturated rings. The van der Waals surface area contributed by atoms with Crippen molar-refractivity contribution in [2.75, 3.05) is 54.6 Å². The van der Waals surface area contributed by atoms with Crippen LogP contribution in [0.3, 0.4) is 0 Å². The Kier molecular flexibility index (Phi) is 8.54. The van der Waals surface area contributed by atoms with Gasteiger partial charge in [-0.1, -0.05) is 34.2 Å². The highest BCUT2D eigenvalue weighted by atomic mass is 127. The number of aromatic nitrogens is 3. The molecule has 202 valence electrons. The predicted octanol–water partition coefficient (Wildman–Crippen LogP) is 3.61. The van der Waals surface area contributed by atoms with Gasteiger partial charge in [0.2, 0.25) is 5.95 Å². The van der Waals surface area contributed by atoms with Crippen LogP contribution >= 0.6 is 34.2 Å². The number of fused-ring (bicyclic) bond motifs is 1. The Morgan fingerprint density at radius 2 is 2.13 bits per heavy atom. The molecular weight excluding hydrogens is 623 g/mol. The fraction of sp³-hybridized carbons (Fsp3) is 0.462. The largest absolute Gasteiger partial charge is 0.478 e. The van der Waals surface area contributed by atoms with E-state index >= 15 is 0 Å². The Labute approximate surface area is 239 Å². The number of benzene rings is 1. The van der Waals surface area contributed by atoms with Crippen LogP contribution in [0.1, 0.15) is 12.8 Å². The number of nitrogens with zero attached hydrogens (tertiary/aromatic N) is 4. The van der Waals surface area contributed by atoms with E-state index < -0.39 is 0 Å². The van der Waals surface area contributed by atoms with Crippen LogP contribution in [0.15, 0.2) is 35.3 Å². The van der Waals surface area contributed by atoms with Crippen molar-refractivity contribution in [2.24, 2.45) is 11.8 Å². The zero-order valence-corrected chi connectivity index (χ0v) is 24.0. The molecule has 2 aliphatic rings. The van der Waals surface area contributed by atoms with Crippen molar-refractivity contribution in [2.45, 2.75) is 19.4 Å². The van der Waals surface area contributed by atoms with Gasteiger partial charge in [-0.05, 0) is 43.0 Å². The molecule has 0 saturated carbocycles. The number of carbonyl (C=O) groups is 1. The topological polar surface area (TPSA) is 111 Å². The lowest BCUT2D eigenvalue weighted by Gasteiger charge is -2.32. The number of alkyl halides is 1. The maximum absolute atomic E-state index is 13.2. The van der Waals surface area contributed by atoms with Gasteiger partial charge < -0.3 is 29.6 Å². The van der Waals surface area contributed by atoms with E-state index in [4.69, 9.17) is 26.1 Å². The lowest BCUT2D eigenvalue weighted by molar-refractivity contribution is -0.122. The third-order valence-electron chi connectivity index (χ3n) is 6.86. The Balaban J connectivity index is 1.45. The van der Waals surface area contributed by atoms with E-state index in [1.807, 2.05) is 18.2 Å². The summed E-state index contributed by atoms with van der Waals surface area (Å²) in [5, 5.41) is 7.03. The second kappa shape index (κ2) is 12.0. The number of ether oxygens (including phenoxy) is 2. The normalized spacial score (nSPS) is 17.8. The molecule has 1 unspecified atom stereocenters. The number of nitrogens with one attached hydrogen (secondary N) is 2. The summed E-state index contributed by atoms with van der Waals surface area (Å²) in [5.74, 6) is 1.87. The van der Waals surface area contributed by atoms with Crippen molar-refractivity contribution in [1.82, 2.24) is 19.9 Å². The molecule has 10 nitrogen and oxygen atoms in total. The Bertz CT molecular complexity index is 1380. The molecule has 38 heavy (non-hydrogen) atoms. The number of piperidine rings is 1. The molecule has 4 heterocycles. The van der Waals surface area contributed by atoms with Gasteiger partial charge in [0.25, 0.3) is 11.5 Å². The fourth-order valence-corrected chi connectivity index (χ4v) is 5.55. The molecule has 1 aromatic carbocycles. The standard InChI is InChI=1S/C26H30ClIN6O4/c1-29-23(35)15-38-22-8-18-7-19(4-5-21(18)34(25(22)36)12-17-13-37-14-17)31-24-20(27)10-30-26(32-24)33-6-2-3-16(9-28)11-33/h4-5,7-8,10,16-17H,2-3,6,9,11-15H2,1H3,(H,29,35)(H,30,31,32). The van der Waals surface area contributed by atoms with Crippen LogP contribution < -0.4 is 25.8 Å². The van der Waals surface area contributed by atoms with Crippen molar-refractivity contribution in [1.29, 1.82) is 0 Å². The SMILES string of the molecule is CNC(=O)COc1cc2cc(Nc3nc(N4CCCC(CI)C4)ncc3Cl)ccc2n(CC2COC2)c1=O. The second-order valence-electron chi connectivity index (χ2n) is 9.66. The first-order valence-corrected chi connectivity index (χ1v) is 14.5. The summed E-state index contributed by atoms with van der Waals surface area (Å²) >= 11 is 8.91. The average molecular weight is 653 g/mol. The molecule has 3 aromatic rings. The first-order chi connectivity index (χ1) is 18.4. The van der Waals surface area contributed by atoms with Crippen LogP contribution in [0, 0.1) is 11.8 Å². The van der Waals surface area contributed by atoms with Crippen LogP contribution in [0.4, 0.5) is 17.5 Å². The Morgan fingerprint density at radius 1 is 1.29 bits per heavy atom.